The summed E-state index contributed by atoms with van der Waals surface area (Å²) in [4.78, 5) is 15.9. The molecule has 7 nitrogen and oxygen atoms in total. The SMILES string of the molecule is COc1cc(C(=O)O)ccc1NS(=O)(=O)c1csc(C#Cc2cccs2)n1. The Morgan fingerprint density at radius 2 is 2.07 bits per heavy atom. The molecular formula is C17H12N2O5S3. The minimum absolute atomic E-state index is 0.0189. The first-order chi connectivity index (χ1) is 12.9. The van der Waals surface area contributed by atoms with Crippen molar-refractivity contribution in [2.75, 3.05) is 11.8 Å². The van der Waals surface area contributed by atoms with E-state index in [1.807, 2.05) is 17.5 Å². The van der Waals surface area contributed by atoms with E-state index in [4.69, 9.17) is 9.84 Å². The zero-order chi connectivity index (χ0) is 19.4. The number of hydrogen-bond acceptors (Lipinski definition) is 7. The number of carbonyl (C=O) groups is 1. The lowest BCUT2D eigenvalue weighted by Gasteiger charge is -2.11. The number of nitrogens with one attached hydrogen (secondary N) is 1. The number of nitrogens with zero attached hydrogens (tertiary/aromatic N) is 1. The highest BCUT2D eigenvalue weighted by atomic mass is 32.2. The van der Waals surface area contributed by atoms with Crippen LogP contribution in [0.15, 0.2) is 46.1 Å². The van der Waals surface area contributed by atoms with Crippen molar-refractivity contribution in [1.29, 1.82) is 0 Å². The molecule has 2 N–H and O–H groups in total. The molecule has 138 valence electrons. The fourth-order valence-corrected chi connectivity index (χ4v) is 4.59. The van der Waals surface area contributed by atoms with E-state index < -0.39 is 16.0 Å². The Balaban J connectivity index is 1.84. The highest BCUT2D eigenvalue weighted by Gasteiger charge is 2.20. The molecule has 10 heteroatoms. The summed E-state index contributed by atoms with van der Waals surface area (Å²) in [5.74, 6) is 4.69. The number of carboxylic acid groups (broad SMARTS) is 1. The average molecular weight is 420 g/mol. The molecule has 0 atom stereocenters. The van der Waals surface area contributed by atoms with Gasteiger partial charge in [0.15, 0.2) is 10.0 Å². The van der Waals surface area contributed by atoms with Crippen molar-refractivity contribution in [3.05, 3.63) is 56.5 Å². The summed E-state index contributed by atoms with van der Waals surface area (Å²) in [6.45, 7) is 0. The number of carboxylic acids is 1. The first-order valence-corrected chi connectivity index (χ1v) is 10.6. The monoisotopic (exact) mass is 420 g/mol. The smallest absolute Gasteiger partial charge is 0.335 e. The number of ether oxygens (including phenoxy) is 1. The lowest BCUT2D eigenvalue weighted by atomic mass is 10.2. The maximum atomic E-state index is 12.5. The third-order valence-corrected chi connectivity index (χ3v) is 6.21. The van der Waals surface area contributed by atoms with Gasteiger partial charge in [-0.2, -0.15) is 8.42 Å². The molecule has 0 aliphatic rings. The maximum absolute atomic E-state index is 12.5. The molecule has 0 radical (unpaired) electrons. The molecule has 0 saturated heterocycles. The van der Waals surface area contributed by atoms with E-state index in [1.165, 1.54) is 42.0 Å². The van der Waals surface area contributed by atoms with Gasteiger partial charge < -0.3 is 9.84 Å². The van der Waals surface area contributed by atoms with E-state index in [0.717, 1.165) is 16.2 Å². The molecule has 0 fully saturated rings. The highest BCUT2D eigenvalue weighted by Crippen LogP contribution is 2.28. The molecule has 0 aliphatic carbocycles. The Labute approximate surface area is 163 Å². The molecule has 2 heterocycles. The van der Waals surface area contributed by atoms with Gasteiger partial charge in [-0.3, -0.25) is 4.72 Å². The van der Waals surface area contributed by atoms with Crippen molar-refractivity contribution in [3.63, 3.8) is 0 Å². The molecular weight excluding hydrogens is 408 g/mol. The Hall–Kier alpha value is -2.87. The first kappa shape index (κ1) is 18.9. The summed E-state index contributed by atoms with van der Waals surface area (Å²) in [7, 11) is -2.65. The summed E-state index contributed by atoms with van der Waals surface area (Å²) in [6.07, 6.45) is 0. The van der Waals surface area contributed by atoms with E-state index in [9.17, 15) is 13.2 Å². The normalized spacial score (nSPS) is 10.7. The number of aromatic nitrogens is 1. The molecule has 0 saturated carbocycles. The molecule has 2 aromatic heterocycles. The number of benzene rings is 1. The Morgan fingerprint density at radius 3 is 2.74 bits per heavy atom. The number of sulfonamides is 1. The van der Waals surface area contributed by atoms with Gasteiger partial charge in [0.2, 0.25) is 0 Å². The third-order valence-electron chi connectivity index (χ3n) is 3.27. The topological polar surface area (TPSA) is 106 Å². The zero-order valence-corrected chi connectivity index (χ0v) is 16.2. The number of methoxy groups -OCH3 is 1. The lowest BCUT2D eigenvalue weighted by Crippen LogP contribution is -2.14. The van der Waals surface area contributed by atoms with Gasteiger partial charge in [0.1, 0.15) is 5.75 Å². The quantitative estimate of drug-likeness (QED) is 0.615. The van der Waals surface area contributed by atoms with Crippen molar-refractivity contribution >= 4 is 44.4 Å². The van der Waals surface area contributed by atoms with Gasteiger partial charge in [0.25, 0.3) is 10.0 Å². The minimum Gasteiger partial charge on any atom is -0.495 e. The van der Waals surface area contributed by atoms with Crippen molar-refractivity contribution in [2.24, 2.45) is 0 Å². The van der Waals surface area contributed by atoms with Crippen LogP contribution >= 0.6 is 22.7 Å². The van der Waals surface area contributed by atoms with E-state index in [-0.39, 0.29) is 22.0 Å². The fourth-order valence-electron chi connectivity index (χ4n) is 2.01. The zero-order valence-electron chi connectivity index (χ0n) is 13.8. The van der Waals surface area contributed by atoms with E-state index in [2.05, 4.69) is 21.5 Å². The van der Waals surface area contributed by atoms with Crippen LogP contribution in [-0.2, 0) is 10.0 Å². The molecule has 0 aliphatic heterocycles. The predicted molar refractivity (Wildman–Crippen MR) is 103 cm³/mol. The second-order valence-electron chi connectivity index (χ2n) is 5.04. The summed E-state index contributed by atoms with van der Waals surface area (Å²) in [6, 6.07) is 7.57. The van der Waals surface area contributed by atoms with Gasteiger partial charge in [-0.1, -0.05) is 6.07 Å². The van der Waals surface area contributed by atoms with Crippen LogP contribution < -0.4 is 9.46 Å². The molecule has 3 aromatic rings. The van der Waals surface area contributed by atoms with Crippen molar-refractivity contribution in [1.82, 2.24) is 4.98 Å². The molecule has 27 heavy (non-hydrogen) atoms. The average Bonchev–Trinajstić information content (AvgIpc) is 3.31. The lowest BCUT2D eigenvalue weighted by molar-refractivity contribution is 0.0696. The second-order valence-corrected chi connectivity index (χ2v) is 8.48. The van der Waals surface area contributed by atoms with Crippen molar-refractivity contribution < 1.29 is 23.1 Å². The maximum Gasteiger partial charge on any atom is 0.335 e. The number of thiophene rings is 1. The summed E-state index contributed by atoms with van der Waals surface area (Å²) < 4.78 is 32.5. The van der Waals surface area contributed by atoms with Crippen LogP contribution in [0.2, 0.25) is 0 Å². The molecule has 3 rings (SSSR count). The van der Waals surface area contributed by atoms with E-state index in [0.29, 0.717) is 5.01 Å². The van der Waals surface area contributed by atoms with Crippen molar-refractivity contribution in [3.8, 4) is 17.6 Å². The number of rotatable bonds is 5. The van der Waals surface area contributed by atoms with Gasteiger partial charge in [0.05, 0.1) is 23.2 Å². The van der Waals surface area contributed by atoms with Crippen LogP contribution in [0.1, 0.15) is 20.2 Å². The third kappa shape index (κ3) is 4.46. The summed E-state index contributed by atoms with van der Waals surface area (Å²) in [5.41, 5.74) is 0.0938. The molecule has 0 spiro atoms. The second kappa shape index (κ2) is 7.79. The van der Waals surface area contributed by atoms with Crippen LogP contribution in [-0.4, -0.2) is 31.6 Å². The number of hydrogen-bond donors (Lipinski definition) is 2. The molecule has 0 bridgehead atoms. The van der Waals surface area contributed by atoms with Crippen LogP contribution in [0.3, 0.4) is 0 Å². The van der Waals surface area contributed by atoms with Gasteiger partial charge in [-0.05, 0) is 41.5 Å². The summed E-state index contributed by atoms with van der Waals surface area (Å²) >= 11 is 2.60. The Kier molecular flexibility index (Phi) is 5.46. The number of anilines is 1. The molecule has 0 amide bonds. The minimum atomic E-state index is -3.97. The van der Waals surface area contributed by atoms with Crippen LogP contribution in [0, 0.1) is 11.8 Å². The van der Waals surface area contributed by atoms with Gasteiger partial charge in [-0.25, -0.2) is 9.78 Å². The van der Waals surface area contributed by atoms with Crippen molar-refractivity contribution in [2.45, 2.75) is 5.03 Å². The Bertz CT molecular complexity index is 1140. The Morgan fingerprint density at radius 1 is 1.26 bits per heavy atom. The summed E-state index contributed by atoms with van der Waals surface area (Å²) in [5, 5.41) is 12.5. The van der Waals surface area contributed by atoms with E-state index in [1.54, 1.807) is 0 Å². The number of thiazole rings is 1. The molecule has 0 unspecified atom stereocenters. The van der Waals surface area contributed by atoms with Crippen LogP contribution in [0.5, 0.6) is 5.75 Å². The number of aromatic carboxylic acids is 1. The highest BCUT2D eigenvalue weighted by molar-refractivity contribution is 7.92. The van der Waals surface area contributed by atoms with Crippen LogP contribution in [0.4, 0.5) is 5.69 Å². The van der Waals surface area contributed by atoms with E-state index >= 15 is 0 Å². The fraction of sp³-hybridized carbons (Fsp3) is 0.0588. The van der Waals surface area contributed by atoms with Crippen LogP contribution in [0.25, 0.3) is 0 Å². The molecule has 1 aromatic carbocycles. The standard InChI is InChI=1S/C17H12N2O5S3/c1-24-14-9-11(17(20)21)4-6-13(14)19-27(22,23)16-10-26-15(18-16)7-5-12-3-2-8-25-12/h2-4,6,8-10,19H,1H3,(H,20,21). The first-order valence-electron chi connectivity index (χ1n) is 7.34. The largest absolute Gasteiger partial charge is 0.495 e. The van der Waals surface area contributed by atoms with Gasteiger partial charge >= 0.3 is 5.97 Å². The van der Waals surface area contributed by atoms with Gasteiger partial charge in [0, 0.05) is 5.38 Å². The predicted octanol–water partition coefficient (Wildman–Crippen LogP) is 3.11. The van der Waals surface area contributed by atoms with Gasteiger partial charge in [-0.15, -0.1) is 22.7 Å².